The summed E-state index contributed by atoms with van der Waals surface area (Å²) >= 11 is 0. The van der Waals surface area contributed by atoms with Crippen LogP contribution in [0.5, 0.6) is 5.75 Å². The summed E-state index contributed by atoms with van der Waals surface area (Å²) in [5.74, 6) is 0.155. The molecule has 0 unspecified atom stereocenters. The van der Waals surface area contributed by atoms with E-state index in [1.54, 1.807) is 24.3 Å². The van der Waals surface area contributed by atoms with E-state index in [0.29, 0.717) is 17.1 Å². The van der Waals surface area contributed by atoms with Crippen molar-refractivity contribution in [3.05, 3.63) is 65.9 Å². The van der Waals surface area contributed by atoms with Gasteiger partial charge in [0, 0.05) is 11.6 Å². The maximum atomic E-state index is 13.0. The summed E-state index contributed by atoms with van der Waals surface area (Å²) < 4.78 is 49.1. The van der Waals surface area contributed by atoms with Gasteiger partial charge in [-0.05, 0) is 36.4 Å². The Morgan fingerprint density at radius 2 is 1.81 bits per heavy atom. The molecular formula is C18H13F3N2O3. The normalized spacial score (nSPS) is 11.2. The number of ether oxygens (including phenoxy) is 1. The van der Waals surface area contributed by atoms with Gasteiger partial charge in [0.15, 0.2) is 11.5 Å². The number of rotatable bonds is 4. The maximum Gasteiger partial charge on any atom is 0.418 e. The number of anilines is 1. The van der Waals surface area contributed by atoms with Crippen molar-refractivity contribution in [3.63, 3.8) is 0 Å². The maximum absolute atomic E-state index is 13.0. The number of aromatic nitrogens is 1. The fourth-order valence-electron chi connectivity index (χ4n) is 2.30. The zero-order valence-corrected chi connectivity index (χ0v) is 13.5. The first-order valence-electron chi connectivity index (χ1n) is 7.47. The van der Waals surface area contributed by atoms with Gasteiger partial charge >= 0.3 is 6.18 Å². The van der Waals surface area contributed by atoms with E-state index in [0.717, 1.165) is 6.07 Å². The summed E-state index contributed by atoms with van der Waals surface area (Å²) in [5.41, 5.74) is -0.771. The minimum atomic E-state index is -4.58. The molecule has 134 valence electrons. The van der Waals surface area contributed by atoms with Gasteiger partial charge in [0.05, 0.1) is 18.4 Å². The first-order valence-corrected chi connectivity index (χ1v) is 7.47. The molecule has 0 saturated carbocycles. The Kier molecular flexibility index (Phi) is 4.66. The molecule has 1 heterocycles. The van der Waals surface area contributed by atoms with E-state index in [-0.39, 0.29) is 11.4 Å². The number of carbonyl (C=O) groups is 1. The van der Waals surface area contributed by atoms with Crippen molar-refractivity contribution in [2.24, 2.45) is 0 Å². The van der Waals surface area contributed by atoms with Gasteiger partial charge < -0.3 is 14.6 Å². The van der Waals surface area contributed by atoms with Crippen LogP contribution in [-0.2, 0) is 6.18 Å². The van der Waals surface area contributed by atoms with Crippen LogP contribution < -0.4 is 10.1 Å². The summed E-state index contributed by atoms with van der Waals surface area (Å²) in [7, 11) is 1.53. The Bertz CT molecular complexity index is 918. The van der Waals surface area contributed by atoms with E-state index >= 15 is 0 Å². The highest BCUT2D eigenvalue weighted by molar-refractivity contribution is 6.03. The summed E-state index contributed by atoms with van der Waals surface area (Å²) in [6.07, 6.45) is -4.58. The molecular weight excluding hydrogens is 349 g/mol. The van der Waals surface area contributed by atoms with Crippen molar-refractivity contribution in [2.45, 2.75) is 6.18 Å². The molecule has 0 aliphatic rings. The highest BCUT2D eigenvalue weighted by atomic mass is 19.4. The molecule has 5 nitrogen and oxygen atoms in total. The van der Waals surface area contributed by atoms with Crippen LogP contribution in [0.25, 0.3) is 11.3 Å². The quantitative estimate of drug-likeness (QED) is 0.735. The lowest BCUT2D eigenvalue weighted by atomic mass is 10.1. The summed E-state index contributed by atoms with van der Waals surface area (Å²) in [6.45, 7) is 0. The summed E-state index contributed by atoms with van der Waals surface area (Å²) in [6, 6.07) is 12.9. The Hall–Kier alpha value is -3.29. The number of nitrogens with zero attached hydrogens (tertiary/aromatic N) is 1. The average molecular weight is 362 g/mol. The van der Waals surface area contributed by atoms with Gasteiger partial charge in [-0.1, -0.05) is 17.3 Å². The average Bonchev–Trinajstić information content (AvgIpc) is 3.11. The highest BCUT2D eigenvalue weighted by Crippen LogP contribution is 2.34. The minimum absolute atomic E-state index is 0.132. The van der Waals surface area contributed by atoms with Gasteiger partial charge in [-0.2, -0.15) is 13.2 Å². The van der Waals surface area contributed by atoms with E-state index in [2.05, 4.69) is 10.5 Å². The van der Waals surface area contributed by atoms with E-state index in [1.807, 2.05) is 0 Å². The van der Waals surface area contributed by atoms with Gasteiger partial charge in [-0.25, -0.2) is 0 Å². The Labute approximate surface area is 146 Å². The lowest BCUT2D eigenvalue weighted by molar-refractivity contribution is -0.136. The predicted octanol–water partition coefficient (Wildman–Crippen LogP) is 4.62. The van der Waals surface area contributed by atoms with Crippen LogP contribution in [0.4, 0.5) is 18.9 Å². The zero-order chi connectivity index (χ0) is 18.7. The number of halogens is 3. The molecule has 26 heavy (non-hydrogen) atoms. The van der Waals surface area contributed by atoms with Crippen LogP contribution in [0.2, 0.25) is 0 Å². The van der Waals surface area contributed by atoms with Crippen LogP contribution in [0.15, 0.2) is 59.1 Å². The van der Waals surface area contributed by atoms with Crippen molar-refractivity contribution in [3.8, 4) is 17.1 Å². The number of para-hydroxylation sites is 1. The minimum Gasteiger partial charge on any atom is -0.497 e. The number of alkyl halides is 3. The third-order valence-electron chi connectivity index (χ3n) is 3.60. The van der Waals surface area contributed by atoms with Crippen molar-refractivity contribution in [2.75, 3.05) is 12.4 Å². The fraction of sp³-hybridized carbons (Fsp3) is 0.111. The lowest BCUT2D eigenvalue weighted by Gasteiger charge is -2.12. The molecule has 2 aromatic carbocycles. The second-order valence-electron chi connectivity index (χ2n) is 5.30. The summed E-state index contributed by atoms with van der Waals surface area (Å²) in [4.78, 5) is 12.2. The molecule has 1 N–H and O–H groups in total. The second-order valence-corrected chi connectivity index (χ2v) is 5.30. The monoisotopic (exact) mass is 362 g/mol. The van der Waals surface area contributed by atoms with Gasteiger partial charge in [-0.3, -0.25) is 4.79 Å². The van der Waals surface area contributed by atoms with Crippen LogP contribution in [0.3, 0.4) is 0 Å². The molecule has 1 aromatic heterocycles. The fourth-order valence-corrected chi connectivity index (χ4v) is 2.30. The van der Waals surface area contributed by atoms with Crippen molar-refractivity contribution in [1.82, 2.24) is 5.16 Å². The van der Waals surface area contributed by atoms with E-state index in [9.17, 15) is 18.0 Å². The van der Waals surface area contributed by atoms with Crippen molar-refractivity contribution in [1.29, 1.82) is 0 Å². The number of hydrogen-bond donors (Lipinski definition) is 1. The van der Waals surface area contributed by atoms with Crippen LogP contribution in [0.1, 0.15) is 16.1 Å². The number of carbonyl (C=O) groups excluding carboxylic acids is 1. The lowest BCUT2D eigenvalue weighted by Crippen LogP contribution is -2.16. The molecule has 0 aliphatic carbocycles. The number of benzene rings is 2. The Balaban J connectivity index is 1.81. The number of methoxy groups -OCH3 is 1. The molecule has 0 radical (unpaired) electrons. The van der Waals surface area contributed by atoms with Gasteiger partial charge in [0.25, 0.3) is 5.91 Å². The largest absolute Gasteiger partial charge is 0.497 e. The molecule has 0 fully saturated rings. The number of hydrogen-bond acceptors (Lipinski definition) is 4. The SMILES string of the molecule is COc1ccc(-c2cc(C(=O)Nc3ccccc3C(F)(F)F)no2)cc1. The third-order valence-corrected chi connectivity index (χ3v) is 3.60. The highest BCUT2D eigenvalue weighted by Gasteiger charge is 2.33. The number of amides is 1. The van der Waals surface area contributed by atoms with Crippen LogP contribution in [0, 0.1) is 0 Å². The van der Waals surface area contributed by atoms with E-state index < -0.39 is 17.6 Å². The first-order chi connectivity index (χ1) is 12.4. The Morgan fingerprint density at radius 1 is 1.12 bits per heavy atom. The molecule has 0 saturated heterocycles. The molecule has 0 atom stereocenters. The number of nitrogens with one attached hydrogen (secondary N) is 1. The topological polar surface area (TPSA) is 64.4 Å². The summed E-state index contributed by atoms with van der Waals surface area (Å²) in [5, 5.41) is 5.84. The Morgan fingerprint density at radius 3 is 2.46 bits per heavy atom. The predicted molar refractivity (Wildman–Crippen MR) is 87.9 cm³/mol. The van der Waals surface area contributed by atoms with E-state index in [1.165, 1.54) is 31.4 Å². The van der Waals surface area contributed by atoms with Crippen molar-refractivity contribution >= 4 is 11.6 Å². The zero-order valence-electron chi connectivity index (χ0n) is 13.5. The van der Waals surface area contributed by atoms with Crippen molar-refractivity contribution < 1.29 is 27.2 Å². The molecule has 0 bridgehead atoms. The van der Waals surface area contributed by atoms with E-state index in [4.69, 9.17) is 9.26 Å². The van der Waals surface area contributed by atoms with Crippen LogP contribution in [-0.4, -0.2) is 18.2 Å². The molecule has 8 heteroatoms. The smallest absolute Gasteiger partial charge is 0.418 e. The van der Waals surface area contributed by atoms with Gasteiger partial charge in [0.2, 0.25) is 0 Å². The van der Waals surface area contributed by atoms with Gasteiger partial charge in [0.1, 0.15) is 5.75 Å². The molecule has 3 aromatic rings. The molecule has 0 spiro atoms. The van der Waals surface area contributed by atoms with Crippen LogP contribution >= 0.6 is 0 Å². The first kappa shape index (κ1) is 17.5. The van der Waals surface area contributed by atoms with Gasteiger partial charge in [-0.15, -0.1) is 0 Å². The standard InChI is InChI=1S/C18H13F3N2O3/c1-25-12-8-6-11(7-9-12)16-10-15(23-26-16)17(24)22-14-5-3-2-4-13(14)18(19,20)21/h2-10H,1H3,(H,22,24). The molecule has 1 amide bonds. The third kappa shape index (κ3) is 3.69. The molecule has 0 aliphatic heterocycles. The molecule has 3 rings (SSSR count). The second kappa shape index (κ2) is 6.91.